The van der Waals surface area contributed by atoms with Crippen LogP contribution in [0.4, 0.5) is 0 Å². The van der Waals surface area contributed by atoms with E-state index < -0.39 is 0 Å². The lowest BCUT2D eigenvalue weighted by atomic mass is 10.2. The van der Waals surface area contributed by atoms with Crippen LogP contribution < -0.4 is 0 Å². The van der Waals surface area contributed by atoms with Gasteiger partial charge in [0.2, 0.25) is 0 Å². The number of aryl methyl sites for hydroxylation is 2. The van der Waals surface area contributed by atoms with Gasteiger partial charge in [-0.2, -0.15) is 5.10 Å². The molecular weight excluding hydrogens is 250 g/mol. The molecule has 18 heavy (non-hydrogen) atoms. The molecule has 1 aromatic rings. The zero-order valence-corrected chi connectivity index (χ0v) is 12.4. The molecule has 1 rings (SSSR count). The second-order valence-electron chi connectivity index (χ2n) is 4.47. The molecule has 102 valence electrons. The summed E-state index contributed by atoms with van der Waals surface area (Å²) in [7, 11) is 0. The molecule has 1 aromatic heterocycles. The topological polar surface area (TPSA) is 38.1 Å². The predicted octanol–water partition coefficient (Wildman–Crippen LogP) is 2.55. The van der Waals surface area contributed by atoms with Crippen molar-refractivity contribution in [1.82, 2.24) is 14.7 Å². The Morgan fingerprint density at radius 1 is 1.50 bits per heavy atom. The summed E-state index contributed by atoms with van der Waals surface area (Å²) in [5.41, 5.74) is 1.61. The van der Waals surface area contributed by atoms with Crippen molar-refractivity contribution < 1.29 is 4.79 Å². The van der Waals surface area contributed by atoms with Gasteiger partial charge in [0.25, 0.3) is 5.91 Å². The molecule has 0 radical (unpaired) electrons. The molecule has 0 unspecified atom stereocenters. The molecule has 0 spiro atoms. The summed E-state index contributed by atoms with van der Waals surface area (Å²) >= 11 is 5.76. The number of rotatable bonds is 6. The molecule has 1 heterocycles. The highest BCUT2D eigenvalue weighted by Crippen LogP contribution is 2.11. The molecular formula is C13H22ClN3O. The number of hydrogen-bond acceptors (Lipinski definition) is 2. The van der Waals surface area contributed by atoms with E-state index in [1.165, 1.54) is 0 Å². The van der Waals surface area contributed by atoms with Crippen LogP contribution in [-0.4, -0.2) is 39.1 Å². The Labute approximate surface area is 114 Å². The zero-order valence-electron chi connectivity index (χ0n) is 11.6. The molecule has 0 saturated heterocycles. The van der Waals surface area contributed by atoms with Crippen molar-refractivity contribution in [3.05, 3.63) is 17.5 Å². The van der Waals surface area contributed by atoms with Gasteiger partial charge in [-0.3, -0.25) is 9.48 Å². The van der Waals surface area contributed by atoms with Gasteiger partial charge in [-0.25, -0.2) is 0 Å². The summed E-state index contributed by atoms with van der Waals surface area (Å²) in [5, 5.41) is 4.41. The Kier molecular flexibility index (Phi) is 5.66. The fourth-order valence-corrected chi connectivity index (χ4v) is 2.07. The van der Waals surface area contributed by atoms with E-state index in [2.05, 4.69) is 5.10 Å². The minimum absolute atomic E-state index is 0.0136. The molecule has 5 heteroatoms. The standard InChI is InChI=1S/C13H22ClN3O/c1-5-11-9-12(17(6-2)15-11)13(18)16(8-7-14)10(3)4/h9-10H,5-8H2,1-4H3. The van der Waals surface area contributed by atoms with Crippen LogP contribution in [0.3, 0.4) is 0 Å². The van der Waals surface area contributed by atoms with Crippen molar-refractivity contribution in [3.8, 4) is 0 Å². The van der Waals surface area contributed by atoms with Gasteiger partial charge >= 0.3 is 0 Å². The molecule has 0 bridgehead atoms. The molecule has 0 aromatic carbocycles. The second-order valence-corrected chi connectivity index (χ2v) is 4.85. The van der Waals surface area contributed by atoms with Crippen LogP contribution in [0.1, 0.15) is 43.9 Å². The van der Waals surface area contributed by atoms with Gasteiger partial charge in [-0.05, 0) is 33.3 Å². The minimum atomic E-state index is 0.0136. The number of carbonyl (C=O) groups is 1. The average molecular weight is 272 g/mol. The Morgan fingerprint density at radius 3 is 2.61 bits per heavy atom. The Hall–Kier alpha value is -1.03. The minimum Gasteiger partial charge on any atom is -0.334 e. The number of nitrogens with zero attached hydrogens (tertiary/aromatic N) is 3. The van der Waals surface area contributed by atoms with Crippen molar-refractivity contribution in [1.29, 1.82) is 0 Å². The van der Waals surface area contributed by atoms with Crippen LogP contribution in [0.25, 0.3) is 0 Å². The SMILES string of the molecule is CCc1cc(C(=O)N(CCCl)C(C)C)n(CC)n1. The van der Waals surface area contributed by atoms with E-state index >= 15 is 0 Å². The summed E-state index contributed by atoms with van der Waals surface area (Å²) in [6.07, 6.45) is 0.838. The lowest BCUT2D eigenvalue weighted by molar-refractivity contribution is 0.0705. The average Bonchev–Trinajstić information content (AvgIpc) is 2.78. The number of aromatic nitrogens is 2. The summed E-state index contributed by atoms with van der Waals surface area (Å²) in [4.78, 5) is 14.3. The van der Waals surface area contributed by atoms with Gasteiger partial charge in [0.15, 0.2) is 0 Å². The van der Waals surface area contributed by atoms with Gasteiger partial charge in [0, 0.05) is 25.0 Å². The van der Waals surface area contributed by atoms with Crippen LogP contribution in [0.2, 0.25) is 0 Å². The molecule has 0 N–H and O–H groups in total. The van der Waals surface area contributed by atoms with Crippen molar-refractivity contribution in [2.24, 2.45) is 0 Å². The summed E-state index contributed by atoms with van der Waals surface area (Å²) in [6.45, 7) is 9.29. The molecule has 0 fully saturated rings. The number of halogens is 1. The maximum absolute atomic E-state index is 12.5. The van der Waals surface area contributed by atoms with Crippen LogP contribution in [0.15, 0.2) is 6.07 Å². The Morgan fingerprint density at radius 2 is 2.17 bits per heavy atom. The first kappa shape index (κ1) is 15.0. The van der Waals surface area contributed by atoms with E-state index in [1.807, 2.05) is 33.8 Å². The fraction of sp³-hybridized carbons (Fsp3) is 0.692. The first-order chi connectivity index (χ1) is 8.54. The van der Waals surface area contributed by atoms with E-state index in [4.69, 9.17) is 11.6 Å². The maximum Gasteiger partial charge on any atom is 0.272 e. The molecule has 4 nitrogen and oxygen atoms in total. The number of amides is 1. The molecule has 0 aliphatic rings. The lowest BCUT2D eigenvalue weighted by Gasteiger charge is -2.25. The van der Waals surface area contributed by atoms with Crippen molar-refractivity contribution in [3.63, 3.8) is 0 Å². The maximum atomic E-state index is 12.5. The lowest BCUT2D eigenvalue weighted by Crippen LogP contribution is -2.39. The van der Waals surface area contributed by atoms with Crippen LogP contribution in [-0.2, 0) is 13.0 Å². The Balaban J connectivity index is 3.03. The third-order valence-electron chi connectivity index (χ3n) is 2.92. The van der Waals surface area contributed by atoms with Gasteiger partial charge < -0.3 is 4.90 Å². The third-order valence-corrected chi connectivity index (χ3v) is 3.09. The van der Waals surface area contributed by atoms with Gasteiger partial charge in [0.05, 0.1) is 5.69 Å². The zero-order chi connectivity index (χ0) is 13.7. The monoisotopic (exact) mass is 271 g/mol. The summed E-state index contributed by atoms with van der Waals surface area (Å²) in [5.74, 6) is 0.463. The van der Waals surface area contributed by atoms with Crippen molar-refractivity contribution >= 4 is 17.5 Å². The third kappa shape index (κ3) is 3.25. The van der Waals surface area contributed by atoms with Gasteiger partial charge in [-0.1, -0.05) is 6.92 Å². The van der Waals surface area contributed by atoms with Crippen molar-refractivity contribution in [2.75, 3.05) is 12.4 Å². The van der Waals surface area contributed by atoms with Crippen molar-refractivity contribution in [2.45, 2.75) is 46.7 Å². The van der Waals surface area contributed by atoms with E-state index in [1.54, 1.807) is 9.58 Å². The summed E-state index contributed by atoms with van der Waals surface area (Å²) in [6, 6.07) is 2.02. The number of hydrogen-bond donors (Lipinski definition) is 0. The number of alkyl halides is 1. The largest absolute Gasteiger partial charge is 0.334 e. The second kappa shape index (κ2) is 6.78. The molecule has 0 saturated carbocycles. The van der Waals surface area contributed by atoms with Crippen LogP contribution in [0, 0.1) is 0 Å². The van der Waals surface area contributed by atoms with E-state index in [0.29, 0.717) is 24.7 Å². The van der Waals surface area contributed by atoms with E-state index in [-0.39, 0.29) is 11.9 Å². The first-order valence-corrected chi connectivity index (χ1v) is 7.02. The quantitative estimate of drug-likeness (QED) is 0.746. The van der Waals surface area contributed by atoms with E-state index in [9.17, 15) is 4.79 Å². The van der Waals surface area contributed by atoms with Crippen LogP contribution >= 0.6 is 11.6 Å². The predicted molar refractivity (Wildman–Crippen MR) is 74.2 cm³/mol. The fourth-order valence-electron chi connectivity index (χ4n) is 1.89. The molecule has 0 aliphatic carbocycles. The smallest absolute Gasteiger partial charge is 0.272 e. The summed E-state index contributed by atoms with van der Waals surface area (Å²) < 4.78 is 1.77. The Bertz CT molecular complexity index is 401. The highest BCUT2D eigenvalue weighted by molar-refractivity contribution is 6.18. The molecule has 0 aliphatic heterocycles. The van der Waals surface area contributed by atoms with Gasteiger partial charge in [0.1, 0.15) is 5.69 Å². The van der Waals surface area contributed by atoms with Crippen LogP contribution in [0.5, 0.6) is 0 Å². The van der Waals surface area contributed by atoms with E-state index in [0.717, 1.165) is 12.1 Å². The molecule has 0 atom stereocenters. The van der Waals surface area contributed by atoms with Gasteiger partial charge in [-0.15, -0.1) is 11.6 Å². The first-order valence-electron chi connectivity index (χ1n) is 6.48. The highest BCUT2D eigenvalue weighted by Gasteiger charge is 2.22. The highest BCUT2D eigenvalue weighted by atomic mass is 35.5. The molecule has 1 amide bonds. The number of carbonyl (C=O) groups excluding carboxylic acids is 1. The normalized spacial score (nSPS) is 11.0.